The Kier molecular flexibility index (Phi) is 5.38. The van der Waals surface area contributed by atoms with Crippen molar-refractivity contribution in [3.8, 4) is 0 Å². The van der Waals surface area contributed by atoms with E-state index in [2.05, 4.69) is 10.6 Å². The number of nitro groups is 1. The zero-order valence-corrected chi connectivity index (χ0v) is 8.73. The first-order valence-electron chi connectivity index (χ1n) is 4.98. The van der Waals surface area contributed by atoms with Crippen LogP contribution in [-0.2, 0) is 0 Å². The van der Waals surface area contributed by atoms with Crippen LogP contribution in [0, 0.1) is 10.1 Å². The van der Waals surface area contributed by atoms with Gasteiger partial charge in [0.05, 0.1) is 4.92 Å². The molecule has 0 saturated carbocycles. The molecule has 1 unspecified atom stereocenters. The van der Waals surface area contributed by atoms with Gasteiger partial charge in [-0.15, -0.1) is 0 Å². The molecule has 1 saturated heterocycles. The topological polar surface area (TPSA) is 67.2 Å². The molecular weight excluding hydrogens is 213 g/mol. The Balaban J connectivity index is 0.000000165. The summed E-state index contributed by atoms with van der Waals surface area (Å²) >= 11 is 0. The number of rotatable bonds is 1. The Morgan fingerprint density at radius 2 is 2.00 bits per heavy atom. The maximum absolute atomic E-state index is 12.0. The lowest BCUT2D eigenvalue weighted by molar-refractivity contribution is -0.384. The Morgan fingerprint density at radius 1 is 1.31 bits per heavy atom. The van der Waals surface area contributed by atoms with E-state index in [4.69, 9.17) is 0 Å². The van der Waals surface area contributed by atoms with E-state index in [0.29, 0.717) is 6.54 Å². The van der Waals surface area contributed by atoms with Crippen LogP contribution < -0.4 is 10.6 Å². The van der Waals surface area contributed by atoms with Gasteiger partial charge in [-0.05, 0) is 0 Å². The van der Waals surface area contributed by atoms with Crippen LogP contribution in [-0.4, -0.2) is 30.9 Å². The molecule has 0 bridgehead atoms. The van der Waals surface area contributed by atoms with E-state index < -0.39 is 11.2 Å². The molecule has 1 aromatic rings. The Bertz CT molecular complexity index is 315. The van der Waals surface area contributed by atoms with Gasteiger partial charge in [0.25, 0.3) is 5.69 Å². The fraction of sp³-hybridized carbons (Fsp3) is 0.400. The van der Waals surface area contributed by atoms with Crippen molar-refractivity contribution in [2.24, 2.45) is 0 Å². The predicted molar refractivity (Wildman–Crippen MR) is 58.9 cm³/mol. The van der Waals surface area contributed by atoms with Gasteiger partial charge in [0.1, 0.15) is 0 Å². The number of para-hydroxylation sites is 1. The molecule has 5 nitrogen and oxygen atoms in total. The normalized spacial score (nSPS) is 19.4. The average Bonchev–Trinajstić information content (AvgIpc) is 2.32. The van der Waals surface area contributed by atoms with Crippen LogP contribution in [0.2, 0.25) is 0 Å². The first-order valence-corrected chi connectivity index (χ1v) is 4.98. The van der Waals surface area contributed by atoms with Crippen LogP contribution in [0.5, 0.6) is 0 Å². The standard InChI is InChI=1S/C6H5NO2.C4H9FN2/c8-7(9)6-4-2-1-3-5-6;5-4-3-6-1-2-7-4/h1-5H;4,6-7H,1-3H2. The summed E-state index contributed by atoms with van der Waals surface area (Å²) in [5.41, 5.74) is 0.137. The van der Waals surface area contributed by atoms with Gasteiger partial charge in [0.15, 0.2) is 6.30 Å². The van der Waals surface area contributed by atoms with Crippen molar-refractivity contribution in [2.75, 3.05) is 19.6 Å². The van der Waals surface area contributed by atoms with Crippen molar-refractivity contribution < 1.29 is 9.31 Å². The molecule has 1 aliphatic heterocycles. The van der Waals surface area contributed by atoms with Crippen LogP contribution in [0.3, 0.4) is 0 Å². The minimum atomic E-state index is -0.825. The average molecular weight is 227 g/mol. The zero-order valence-electron chi connectivity index (χ0n) is 8.73. The first kappa shape index (κ1) is 12.5. The summed E-state index contributed by atoms with van der Waals surface area (Å²) < 4.78 is 12.0. The molecule has 2 rings (SSSR count). The van der Waals surface area contributed by atoms with E-state index in [9.17, 15) is 14.5 Å². The van der Waals surface area contributed by atoms with Gasteiger partial charge < -0.3 is 5.32 Å². The molecule has 1 fully saturated rings. The van der Waals surface area contributed by atoms with E-state index >= 15 is 0 Å². The maximum Gasteiger partial charge on any atom is 0.269 e. The van der Waals surface area contributed by atoms with Crippen molar-refractivity contribution >= 4 is 5.69 Å². The largest absolute Gasteiger partial charge is 0.311 e. The highest BCUT2D eigenvalue weighted by atomic mass is 19.1. The molecule has 0 spiro atoms. The third kappa shape index (κ3) is 4.81. The first-order chi connectivity index (χ1) is 7.70. The number of nitrogens with zero attached hydrogens (tertiary/aromatic N) is 1. The SMILES string of the molecule is FC1CNCCN1.O=[N+]([O-])c1ccccc1. The fourth-order valence-electron chi connectivity index (χ4n) is 1.17. The molecule has 0 aromatic heterocycles. The number of hydrogen-bond donors (Lipinski definition) is 2. The quantitative estimate of drug-likeness (QED) is 0.428. The van der Waals surface area contributed by atoms with E-state index in [1.807, 2.05) is 0 Å². The number of nitro benzene ring substituents is 1. The van der Waals surface area contributed by atoms with Crippen LogP contribution in [0.1, 0.15) is 0 Å². The molecule has 2 N–H and O–H groups in total. The molecular formula is C10H14FN3O2. The van der Waals surface area contributed by atoms with Gasteiger partial charge in [-0.2, -0.15) is 0 Å². The number of halogens is 1. The maximum atomic E-state index is 12.0. The van der Waals surface area contributed by atoms with Crippen molar-refractivity contribution in [3.63, 3.8) is 0 Å². The Morgan fingerprint density at radius 3 is 2.31 bits per heavy atom. The van der Waals surface area contributed by atoms with E-state index in [1.54, 1.807) is 18.2 Å². The highest BCUT2D eigenvalue weighted by Gasteiger charge is 2.07. The third-order valence-electron chi connectivity index (χ3n) is 1.96. The number of nitrogens with one attached hydrogen (secondary N) is 2. The summed E-state index contributed by atoms with van der Waals surface area (Å²) in [5, 5.41) is 15.6. The van der Waals surface area contributed by atoms with Gasteiger partial charge in [-0.25, -0.2) is 4.39 Å². The second-order valence-electron chi connectivity index (χ2n) is 3.22. The predicted octanol–water partition coefficient (Wildman–Crippen LogP) is 1.07. The molecule has 88 valence electrons. The molecule has 1 atom stereocenters. The summed E-state index contributed by atoms with van der Waals surface area (Å²) in [4.78, 5) is 9.59. The minimum Gasteiger partial charge on any atom is -0.311 e. The van der Waals surface area contributed by atoms with Crippen LogP contribution >= 0.6 is 0 Å². The Hall–Kier alpha value is -1.53. The molecule has 6 heteroatoms. The highest BCUT2D eigenvalue weighted by Crippen LogP contribution is 2.06. The summed E-state index contributed by atoms with van der Waals surface area (Å²) in [6.45, 7) is 2.10. The molecule has 0 radical (unpaired) electrons. The van der Waals surface area contributed by atoms with Gasteiger partial charge >= 0.3 is 0 Å². The van der Waals surface area contributed by atoms with Crippen LogP contribution in [0.25, 0.3) is 0 Å². The number of non-ortho nitro benzene ring substituents is 1. The lowest BCUT2D eigenvalue weighted by Gasteiger charge is -2.16. The monoisotopic (exact) mass is 227 g/mol. The van der Waals surface area contributed by atoms with Gasteiger partial charge in [0, 0.05) is 31.8 Å². The second kappa shape index (κ2) is 6.86. The highest BCUT2D eigenvalue weighted by molar-refractivity contribution is 5.27. The molecule has 1 heterocycles. The lowest BCUT2D eigenvalue weighted by Crippen LogP contribution is -2.45. The van der Waals surface area contributed by atoms with Gasteiger partial charge in [0.2, 0.25) is 0 Å². The number of hydrogen-bond acceptors (Lipinski definition) is 4. The summed E-state index contributed by atoms with van der Waals surface area (Å²) in [7, 11) is 0. The molecule has 1 aromatic carbocycles. The number of alkyl halides is 1. The van der Waals surface area contributed by atoms with E-state index in [1.165, 1.54) is 12.1 Å². The van der Waals surface area contributed by atoms with Crippen LogP contribution in [0.15, 0.2) is 30.3 Å². The molecule has 1 aliphatic rings. The van der Waals surface area contributed by atoms with E-state index in [-0.39, 0.29) is 5.69 Å². The van der Waals surface area contributed by atoms with Crippen molar-refractivity contribution in [3.05, 3.63) is 40.4 Å². The van der Waals surface area contributed by atoms with Crippen molar-refractivity contribution in [1.82, 2.24) is 10.6 Å². The smallest absolute Gasteiger partial charge is 0.269 e. The molecule has 0 amide bonds. The Labute approximate surface area is 92.8 Å². The summed E-state index contributed by atoms with van der Waals surface area (Å²) in [5.74, 6) is 0. The van der Waals surface area contributed by atoms with Crippen molar-refractivity contribution in [1.29, 1.82) is 0 Å². The van der Waals surface area contributed by atoms with E-state index in [0.717, 1.165) is 13.1 Å². The van der Waals surface area contributed by atoms with Crippen molar-refractivity contribution in [2.45, 2.75) is 6.30 Å². The summed E-state index contributed by atoms with van der Waals surface area (Å²) in [6.07, 6.45) is -0.825. The number of piperazine rings is 1. The molecule has 0 aliphatic carbocycles. The molecule has 16 heavy (non-hydrogen) atoms. The third-order valence-corrected chi connectivity index (χ3v) is 1.96. The number of benzene rings is 1. The second-order valence-corrected chi connectivity index (χ2v) is 3.22. The fourth-order valence-corrected chi connectivity index (χ4v) is 1.17. The van der Waals surface area contributed by atoms with Crippen LogP contribution in [0.4, 0.5) is 10.1 Å². The summed E-state index contributed by atoms with van der Waals surface area (Å²) in [6, 6.07) is 7.93. The van der Waals surface area contributed by atoms with Gasteiger partial charge in [-0.1, -0.05) is 18.2 Å². The zero-order chi connectivity index (χ0) is 11.8. The van der Waals surface area contributed by atoms with Gasteiger partial charge in [-0.3, -0.25) is 15.4 Å². The lowest BCUT2D eigenvalue weighted by atomic mass is 10.3. The minimum absolute atomic E-state index is 0.137.